The Bertz CT molecular complexity index is 126. The summed E-state index contributed by atoms with van der Waals surface area (Å²) in [7, 11) is 0. The van der Waals surface area contributed by atoms with Crippen LogP contribution in [0.1, 0.15) is 13.8 Å². The molecule has 1 unspecified atom stereocenters. The van der Waals surface area contributed by atoms with Gasteiger partial charge >= 0.3 is 0 Å². The average molecular weight is 110 g/mol. The first-order valence-electron chi connectivity index (χ1n) is 2.43. The molecular formula is C6H10N2. The lowest BCUT2D eigenvalue weighted by Crippen LogP contribution is -2.09. The summed E-state index contributed by atoms with van der Waals surface area (Å²) in [5, 5.41) is 0. The molecule has 0 aliphatic rings. The summed E-state index contributed by atoms with van der Waals surface area (Å²) in [5.74, 6) is 2.97. The second-order valence-corrected chi connectivity index (χ2v) is 1.61. The van der Waals surface area contributed by atoms with Crippen LogP contribution in [0.4, 0.5) is 0 Å². The molecule has 0 radical (unpaired) electrons. The predicted octanol–water partition coefficient (Wildman–Crippen LogP) is 0.385. The first-order chi connectivity index (χ1) is 3.66. The van der Waals surface area contributed by atoms with Crippen LogP contribution in [0.15, 0.2) is 4.99 Å². The van der Waals surface area contributed by atoms with E-state index in [1.807, 2.05) is 6.92 Å². The molecule has 0 saturated heterocycles. The van der Waals surface area contributed by atoms with Crippen molar-refractivity contribution in [3.05, 3.63) is 0 Å². The molecule has 0 bridgehead atoms. The second kappa shape index (κ2) is 3.09. The number of hydrogen-bond donors (Lipinski definition) is 1. The molecule has 0 aromatic carbocycles. The van der Waals surface area contributed by atoms with E-state index < -0.39 is 0 Å². The van der Waals surface area contributed by atoms with Crippen LogP contribution in [0.25, 0.3) is 0 Å². The minimum atomic E-state index is -0.0833. The van der Waals surface area contributed by atoms with Crippen LogP contribution >= 0.6 is 0 Å². The fraction of sp³-hybridized carbons (Fsp3) is 0.500. The van der Waals surface area contributed by atoms with Gasteiger partial charge in [0.1, 0.15) is 6.04 Å². The van der Waals surface area contributed by atoms with Gasteiger partial charge in [0.2, 0.25) is 0 Å². The van der Waals surface area contributed by atoms with Crippen molar-refractivity contribution >= 4 is 5.84 Å². The minimum Gasteiger partial charge on any atom is -0.388 e. The molecule has 44 valence electrons. The Morgan fingerprint density at radius 1 is 1.88 bits per heavy atom. The molecule has 2 nitrogen and oxygen atoms in total. The highest BCUT2D eigenvalue weighted by Crippen LogP contribution is 1.83. The van der Waals surface area contributed by atoms with Gasteiger partial charge in [0.25, 0.3) is 0 Å². The molecule has 0 rings (SSSR count). The van der Waals surface area contributed by atoms with E-state index in [4.69, 9.17) is 12.2 Å². The minimum absolute atomic E-state index is 0.0833. The quantitative estimate of drug-likeness (QED) is 0.296. The largest absolute Gasteiger partial charge is 0.388 e. The summed E-state index contributed by atoms with van der Waals surface area (Å²) in [6.07, 6.45) is 5.01. The number of aliphatic imine (C=N–C) groups is 1. The SMILES string of the molecule is C#CC(C)N=C(C)N. The third-order valence-electron chi connectivity index (χ3n) is 0.638. The lowest BCUT2D eigenvalue weighted by atomic mass is 10.4. The van der Waals surface area contributed by atoms with Gasteiger partial charge in [0, 0.05) is 0 Å². The Labute approximate surface area is 49.8 Å². The van der Waals surface area contributed by atoms with Gasteiger partial charge in [0.05, 0.1) is 5.84 Å². The van der Waals surface area contributed by atoms with Crippen molar-refractivity contribution in [3.63, 3.8) is 0 Å². The topological polar surface area (TPSA) is 38.4 Å². The molecule has 0 aromatic rings. The number of hydrogen-bond acceptors (Lipinski definition) is 1. The Hall–Kier alpha value is -0.970. The lowest BCUT2D eigenvalue weighted by Gasteiger charge is -1.93. The van der Waals surface area contributed by atoms with Crippen molar-refractivity contribution < 1.29 is 0 Å². The summed E-state index contributed by atoms with van der Waals surface area (Å²) < 4.78 is 0. The third-order valence-corrected chi connectivity index (χ3v) is 0.638. The number of nitrogens with two attached hydrogens (primary N) is 1. The van der Waals surface area contributed by atoms with Crippen LogP contribution in [-0.2, 0) is 0 Å². The summed E-state index contributed by atoms with van der Waals surface area (Å²) in [5.41, 5.74) is 5.22. The van der Waals surface area contributed by atoms with Crippen molar-refractivity contribution in [1.29, 1.82) is 0 Å². The van der Waals surface area contributed by atoms with Crippen LogP contribution in [0.5, 0.6) is 0 Å². The van der Waals surface area contributed by atoms with Gasteiger partial charge in [-0.25, -0.2) is 0 Å². The number of nitrogens with zero attached hydrogens (tertiary/aromatic N) is 1. The highest BCUT2D eigenvalue weighted by atomic mass is 14.9. The van der Waals surface area contributed by atoms with E-state index in [2.05, 4.69) is 10.9 Å². The number of terminal acetylenes is 1. The molecule has 2 heteroatoms. The van der Waals surface area contributed by atoms with Gasteiger partial charge < -0.3 is 5.73 Å². The van der Waals surface area contributed by atoms with Gasteiger partial charge in [-0.2, -0.15) is 0 Å². The molecule has 0 aliphatic heterocycles. The highest BCUT2D eigenvalue weighted by Gasteiger charge is 1.87. The molecule has 0 fully saturated rings. The Balaban J connectivity index is 3.74. The standard InChI is InChI=1S/C6H10N2/c1-4-5(2)8-6(3)7/h1,5H,2-3H3,(H2,7,8). The van der Waals surface area contributed by atoms with Crippen molar-refractivity contribution in [2.75, 3.05) is 0 Å². The van der Waals surface area contributed by atoms with Crippen molar-refractivity contribution in [3.8, 4) is 12.3 Å². The molecule has 8 heavy (non-hydrogen) atoms. The van der Waals surface area contributed by atoms with E-state index in [-0.39, 0.29) is 6.04 Å². The van der Waals surface area contributed by atoms with Gasteiger partial charge in [-0.3, -0.25) is 4.99 Å². The van der Waals surface area contributed by atoms with Crippen LogP contribution in [0.3, 0.4) is 0 Å². The zero-order valence-corrected chi connectivity index (χ0v) is 5.18. The highest BCUT2D eigenvalue weighted by molar-refractivity contribution is 5.77. The average Bonchev–Trinajstić information content (AvgIpc) is 1.65. The molecule has 2 N–H and O–H groups in total. The van der Waals surface area contributed by atoms with Gasteiger partial charge in [-0.15, -0.1) is 6.42 Å². The first-order valence-corrected chi connectivity index (χ1v) is 2.43. The smallest absolute Gasteiger partial charge is 0.109 e. The molecule has 0 amide bonds. The van der Waals surface area contributed by atoms with Crippen molar-refractivity contribution in [2.24, 2.45) is 10.7 Å². The Morgan fingerprint density at radius 3 is 2.50 bits per heavy atom. The molecule has 0 heterocycles. The zero-order valence-electron chi connectivity index (χ0n) is 5.18. The van der Waals surface area contributed by atoms with Gasteiger partial charge in [-0.05, 0) is 13.8 Å². The fourth-order valence-electron chi connectivity index (χ4n) is 0.343. The lowest BCUT2D eigenvalue weighted by molar-refractivity contribution is 0.954. The molecule has 0 aromatic heterocycles. The fourth-order valence-corrected chi connectivity index (χ4v) is 0.343. The van der Waals surface area contributed by atoms with Crippen LogP contribution < -0.4 is 5.73 Å². The van der Waals surface area contributed by atoms with E-state index in [0.717, 1.165) is 0 Å². The first kappa shape index (κ1) is 7.03. The maximum absolute atomic E-state index is 5.22. The zero-order chi connectivity index (χ0) is 6.57. The maximum Gasteiger partial charge on any atom is 0.109 e. The summed E-state index contributed by atoms with van der Waals surface area (Å²) >= 11 is 0. The van der Waals surface area contributed by atoms with Gasteiger partial charge in [-0.1, -0.05) is 5.92 Å². The van der Waals surface area contributed by atoms with Crippen LogP contribution in [0.2, 0.25) is 0 Å². The Morgan fingerprint density at radius 2 is 2.38 bits per heavy atom. The van der Waals surface area contributed by atoms with E-state index in [1.165, 1.54) is 0 Å². The predicted molar refractivity (Wildman–Crippen MR) is 35.6 cm³/mol. The summed E-state index contributed by atoms with van der Waals surface area (Å²) in [6, 6.07) is -0.0833. The molecule has 1 atom stereocenters. The van der Waals surface area contributed by atoms with E-state index in [0.29, 0.717) is 5.84 Å². The normalized spacial score (nSPS) is 14.9. The van der Waals surface area contributed by atoms with Gasteiger partial charge in [0.15, 0.2) is 0 Å². The van der Waals surface area contributed by atoms with Crippen molar-refractivity contribution in [2.45, 2.75) is 19.9 Å². The molecule has 0 aliphatic carbocycles. The monoisotopic (exact) mass is 110 g/mol. The van der Waals surface area contributed by atoms with Crippen LogP contribution in [0, 0.1) is 12.3 Å². The number of amidine groups is 1. The summed E-state index contributed by atoms with van der Waals surface area (Å²) in [4.78, 5) is 3.85. The van der Waals surface area contributed by atoms with Crippen LogP contribution in [-0.4, -0.2) is 11.9 Å². The maximum atomic E-state index is 5.22. The molecule has 0 spiro atoms. The van der Waals surface area contributed by atoms with E-state index in [9.17, 15) is 0 Å². The Kier molecular flexibility index (Phi) is 2.71. The molecular weight excluding hydrogens is 100 g/mol. The van der Waals surface area contributed by atoms with Crippen molar-refractivity contribution in [1.82, 2.24) is 0 Å². The van der Waals surface area contributed by atoms with E-state index >= 15 is 0 Å². The third kappa shape index (κ3) is 3.23. The number of rotatable bonds is 1. The van der Waals surface area contributed by atoms with E-state index in [1.54, 1.807) is 6.92 Å². The second-order valence-electron chi connectivity index (χ2n) is 1.61. The summed E-state index contributed by atoms with van der Waals surface area (Å²) in [6.45, 7) is 3.53. The molecule has 0 saturated carbocycles.